The zero-order valence-corrected chi connectivity index (χ0v) is 11.5. The summed E-state index contributed by atoms with van der Waals surface area (Å²) in [5, 5.41) is 0. The Hall–Kier alpha value is -1.49. The molecule has 0 atom stereocenters. The van der Waals surface area contributed by atoms with E-state index in [0.29, 0.717) is 12.6 Å². The van der Waals surface area contributed by atoms with Crippen molar-refractivity contribution in [3.63, 3.8) is 0 Å². The van der Waals surface area contributed by atoms with Crippen molar-refractivity contribution in [2.24, 2.45) is 4.99 Å². The Bertz CT molecular complexity index is 486. The molecule has 0 spiro atoms. The first kappa shape index (κ1) is 13.0. The van der Waals surface area contributed by atoms with Crippen molar-refractivity contribution in [1.82, 2.24) is 4.90 Å². The normalized spacial score (nSPS) is 15.7. The number of aliphatic imine (C=N–C) groups is 1. The van der Waals surface area contributed by atoms with E-state index in [9.17, 15) is 4.79 Å². The second-order valence-electron chi connectivity index (χ2n) is 4.24. The standard InChI is InChI=1S/C13H16N2O2S/c1-9(2)15-8-14-12(17-13(15)16)10-6-4-5-7-11(10)18-3/h4-7,9H,8H2,1-3H3. The summed E-state index contributed by atoms with van der Waals surface area (Å²) < 4.78 is 5.31. The maximum atomic E-state index is 11.8. The summed E-state index contributed by atoms with van der Waals surface area (Å²) in [7, 11) is 0. The molecule has 0 aliphatic carbocycles. The fraction of sp³-hybridized carbons (Fsp3) is 0.385. The lowest BCUT2D eigenvalue weighted by molar-refractivity contribution is 0.128. The molecule has 1 aliphatic rings. The third-order valence-electron chi connectivity index (χ3n) is 2.75. The van der Waals surface area contributed by atoms with Crippen LogP contribution in [0.15, 0.2) is 34.2 Å². The number of thioether (sulfide) groups is 1. The van der Waals surface area contributed by atoms with Crippen LogP contribution in [-0.4, -0.2) is 35.9 Å². The van der Waals surface area contributed by atoms with Gasteiger partial charge in [-0.25, -0.2) is 9.79 Å². The van der Waals surface area contributed by atoms with E-state index in [2.05, 4.69) is 4.99 Å². The van der Waals surface area contributed by atoms with Crippen molar-refractivity contribution < 1.29 is 9.53 Å². The highest BCUT2D eigenvalue weighted by Crippen LogP contribution is 2.23. The Morgan fingerprint density at radius 1 is 1.39 bits per heavy atom. The van der Waals surface area contributed by atoms with E-state index in [1.54, 1.807) is 16.7 Å². The summed E-state index contributed by atoms with van der Waals surface area (Å²) in [6, 6.07) is 7.88. The van der Waals surface area contributed by atoms with E-state index >= 15 is 0 Å². The summed E-state index contributed by atoms with van der Waals surface area (Å²) in [4.78, 5) is 18.8. The number of amides is 1. The minimum absolute atomic E-state index is 0.0959. The molecule has 0 saturated heterocycles. The van der Waals surface area contributed by atoms with E-state index in [1.165, 1.54) is 0 Å². The van der Waals surface area contributed by atoms with Crippen molar-refractivity contribution in [3.05, 3.63) is 29.8 Å². The van der Waals surface area contributed by atoms with Gasteiger partial charge in [-0.3, -0.25) is 4.90 Å². The van der Waals surface area contributed by atoms with E-state index in [-0.39, 0.29) is 12.1 Å². The van der Waals surface area contributed by atoms with E-state index in [4.69, 9.17) is 4.74 Å². The second-order valence-corrected chi connectivity index (χ2v) is 5.08. The summed E-state index contributed by atoms with van der Waals surface area (Å²) in [5.74, 6) is 0.418. The highest BCUT2D eigenvalue weighted by atomic mass is 32.2. The maximum Gasteiger partial charge on any atom is 0.418 e. The summed E-state index contributed by atoms with van der Waals surface area (Å²) in [5.41, 5.74) is 0.877. The molecule has 1 heterocycles. The molecule has 18 heavy (non-hydrogen) atoms. The Morgan fingerprint density at radius 3 is 2.72 bits per heavy atom. The van der Waals surface area contributed by atoms with Gasteiger partial charge in [0.05, 0.1) is 5.56 Å². The van der Waals surface area contributed by atoms with Crippen LogP contribution >= 0.6 is 11.8 Å². The molecule has 4 nitrogen and oxygen atoms in total. The van der Waals surface area contributed by atoms with Gasteiger partial charge in [-0.1, -0.05) is 12.1 Å². The molecule has 1 aromatic rings. The zero-order valence-electron chi connectivity index (χ0n) is 10.7. The predicted molar refractivity (Wildman–Crippen MR) is 73.1 cm³/mol. The van der Waals surface area contributed by atoms with Crippen LogP contribution in [-0.2, 0) is 4.74 Å². The molecule has 2 rings (SSSR count). The topological polar surface area (TPSA) is 41.9 Å². The quantitative estimate of drug-likeness (QED) is 0.788. The third-order valence-corrected chi connectivity index (χ3v) is 3.54. The van der Waals surface area contributed by atoms with Gasteiger partial charge in [-0.15, -0.1) is 11.8 Å². The van der Waals surface area contributed by atoms with Crippen molar-refractivity contribution in [2.45, 2.75) is 24.8 Å². The van der Waals surface area contributed by atoms with E-state index in [1.807, 2.05) is 44.4 Å². The molecule has 96 valence electrons. The Balaban J connectivity index is 2.28. The number of nitrogens with zero attached hydrogens (tertiary/aromatic N) is 2. The molecular weight excluding hydrogens is 248 g/mol. The Kier molecular flexibility index (Phi) is 3.91. The number of carbonyl (C=O) groups is 1. The van der Waals surface area contributed by atoms with Gasteiger partial charge in [-0.2, -0.15) is 0 Å². The van der Waals surface area contributed by atoms with Crippen molar-refractivity contribution in [2.75, 3.05) is 12.9 Å². The van der Waals surface area contributed by atoms with E-state index < -0.39 is 0 Å². The number of benzene rings is 1. The van der Waals surface area contributed by atoms with Gasteiger partial charge in [0.15, 0.2) is 0 Å². The highest BCUT2D eigenvalue weighted by molar-refractivity contribution is 7.98. The van der Waals surface area contributed by atoms with Crippen molar-refractivity contribution >= 4 is 23.8 Å². The van der Waals surface area contributed by atoms with Crippen LogP contribution in [0.5, 0.6) is 0 Å². The lowest BCUT2D eigenvalue weighted by atomic mass is 10.2. The lowest BCUT2D eigenvalue weighted by Crippen LogP contribution is -2.42. The summed E-state index contributed by atoms with van der Waals surface area (Å²) in [6.07, 6.45) is 1.66. The third kappa shape index (κ3) is 2.51. The lowest BCUT2D eigenvalue weighted by Gasteiger charge is -2.28. The summed E-state index contributed by atoms with van der Waals surface area (Å²) >= 11 is 1.61. The molecule has 0 radical (unpaired) electrons. The Morgan fingerprint density at radius 2 is 2.11 bits per heavy atom. The molecular formula is C13H16N2O2S. The highest BCUT2D eigenvalue weighted by Gasteiger charge is 2.26. The molecule has 0 aromatic heterocycles. The number of ether oxygens (including phenoxy) is 1. The van der Waals surface area contributed by atoms with Crippen LogP contribution in [0.1, 0.15) is 19.4 Å². The van der Waals surface area contributed by atoms with Gasteiger partial charge in [0.25, 0.3) is 0 Å². The van der Waals surface area contributed by atoms with Gasteiger partial charge in [0, 0.05) is 10.9 Å². The van der Waals surface area contributed by atoms with Gasteiger partial charge in [0.1, 0.15) is 6.67 Å². The van der Waals surface area contributed by atoms with Crippen LogP contribution in [0.3, 0.4) is 0 Å². The average Bonchev–Trinajstić information content (AvgIpc) is 2.38. The zero-order chi connectivity index (χ0) is 13.1. The second kappa shape index (κ2) is 5.44. The fourth-order valence-electron chi connectivity index (χ4n) is 1.71. The van der Waals surface area contributed by atoms with Crippen LogP contribution in [0, 0.1) is 0 Å². The van der Waals surface area contributed by atoms with Crippen molar-refractivity contribution in [1.29, 1.82) is 0 Å². The van der Waals surface area contributed by atoms with Crippen LogP contribution < -0.4 is 0 Å². The first-order chi connectivity index (χ1) is 8.63. The van der Waals surface area contributed by atoms with Gasteiger partial charge in [0.2, 0.25) is 5.90 Å². The molecule has 0 fully saturated rings. The molecule has 1 aliphatic heterocycles. The molecule has 5 heteroatoms. The number of rotatable bonds is 3. The molecule has 0 saturated carbocycles. The Labute approximate surface area is 111 Å². The smallest absolute Gasteiger partial charge is 0.391 e. The van der Waals surface area contributed by atoms with Crippen LogP contribution in [0.2, 0.25) is 0 Å². The first-order valence-corrected chi connectivity index (χ1v) is 7.02. The van der Waals surface area contributed by atoms with Crippen molar-refractivity contribution in [3.8, 4) is 0 Å². The molecule has 1 amide bonds. The fourth-order valence-corrected chi connectivity index (χ4v) is 2.30. The number of hydrogen-bond acceptors (Lipinski definition) is 4. The number of hydrogen-bond donors (Lipinski definition) is 0. The van der Waals surface area contributed by atoms with E-state index in [0.717, 1.165) is 10.5 Å². The number of carbonyl (C=O) groups excluding carboxylic acids is 1. The van der Waals surface area contributed by atoms with Gasteiger partial charge >= 0.3 is 6.09 Å². The average molecular weight is 264 g/mol. The maximum absolute atomic E-state index is 11.8. The molecule has 0 unspecified atom stereocenters. The molecule has 0 bridgehead atoms. The molecule has 1 aromatic carbocycles. The predicted octanol–water partition coefficient (Wildman–Crippen LogP) is 2.97. The first-order valence-electron chi connectivity index (χ1n) is 5.79. The monoisotopic (exact) mass is 264 g/mol. The largest absolute Gasteiger partial charge is 0.418 e. The SMILES string of the molecule is CSc1ccccc1C1=NCN(C(C)C)C(=O)O1. The van der Waals surface area contributed by atoms with Gasteiger partial charge < -0.3 is 4.74 Å². The number of cyclic esters (lactones) is 1. The minimum atomic E-state index is -0.328. The summed E-state index contributed by atoms with van der Waals surface area (Å²) in [6.45, 7) is 4.24. The van der Waals surface area contributed by atoms with Crippen LogP contribution in [0.4, 0.5) is 4.79 Å². The van der Waals surface area contributed by atoms with Gasteiger partial charge in [-0.05, 0) is 32.2 Å². The molecule has 0 N–H and O–H groups in total. The van der Waals surface area contributed by atoms with Crippen LogP contribution in [0.25, 0.3) is 0 Å². The minimum Gasteiger partial charge on any atom is -0.391 e.